The predicted molar refractivity (Wildman–Crippen MR) is 119 cm³/mol. The maximum Gasteiger partial charge on any atom is 0.191 e. The molecule has 0 saturated carbocycles. The molecule has 0 bridgehead atoms. The zero-order valence-corrected chi connectivity index (χ0v) is 18.5. The highest BCUT2D eigenvalue weighted by Crippen LogP contribution is 2.28. The minimum absolute atomic E-state index is 0. The molecule has 2 aromatic heterocycles. The topological polar surface area (TPSA) is 57.5 Å². The molecule has 2 aromatic rings. The lowest BCUT2D eigenvalue weighted by Crippen LogP contribution is -2.39. The number of guanidine groups is 1. The van der Waals surface area contributed by atoms with Crippen molar-refractivity contribution in [3.05, 3.63) is 41.1 Å². The second-order valence-electron chi connectivity index (χ2n) is 6.22. The Morgan fingerprint density at radius 2 is 2.19 bits per heavy atom. The molecule has 144 valence electrons. The minimum atomic E-state index is 0. The van der Waals surface area contributed by atoms with Gasteiger partial charge >= 0.3 is 0 Å². The van der Waals surface area contributed by atoms with Gasteiger partial charge < -0.3 is 15.2 Å². The van der Waals surface area contributed by atoms with Crippen molar-refractivity contribution in [2.75, 3.05) is 32.7 Å². The smallest absolute Gasteiger partial charge is 0.191 e. The summed E-state index contributed by atoms with van der Waals surface area (Å²) in [6.07, 6.45) is 8.22. The molecule has 1 unspecified atom stereocenters. The molecule has 3 rings (SSSR count). The normalized spacial score (nSPS) is 16.3. The number of rotatable bonds is 8. The number of halogens is 1. The van der Waals surface area contributed by atoms with Crippen LogP contribution in [0.3, 0.4) is 0 Å². The summed E-state index contributed by atoms with van der Waals surface area (Å²) in [6, 6.07) is 4.77. The minimum Gasteiger partial charge on any atom is -0.357 e. The molecule has 6 nitrogen and oxygen atoms in total. The second-order valence-corrected chi connectivity index (χ2v) is 7.20. The molecular weight excluding hydrogens is 459 g/mol. The van der Waals surface area contributed by atoms with Crippen LogP contribution in [0.15, 0.2) is 41.2 Å². The summed E-state index contributed by atoms with van der Waals surface area (Å²) < 4.78 is 2.06. The Bertz CT molecular complexity index is 622. The number of hydrogen-bond acceptors (Lipinski definition) is 4. The summed E-state index contributed by atoms with van der Waals surface area (Å²) in [7, 11) is 0. The average Bonchev–Trinajstić information content (AvgIpc) is 3.38. The number of thiophene rings is 1. The quantitative estimate of drug-likeness (QED) is 0.341. The van der Waals surface area contributed by atoms with Gasteiger partial charge in [-0.15, -0.1) is 35.3 Å². The molecular formula is C18H29IN6S. The molecule has 0 aliphatic carbocycles. The van der Waals surface area contributed by atoms with E-state index in [0.29, 0.717) is 6.04 Å². The number of nitrogens with zero attached hydrogens (tertiary/aromatic N) is 4. The third kappa shape index (κ3) is 6.24. The van der Waals surface area contributed by atoms with E-state index in [1.54, 1.807) is 6.20 Å². The van der Waals surface area contributed by atoms with Crippen LogP contribution in [-0.2, 0) is 6.54 Å². The summed E-state index contributed by atoms with van der Waals surface area (Å²) in [6.45, 7) is 7.83. The van der Waals surface area contributed by atoms with Crippen molar-refractivity contribution in [2.45, 2.75) is 32.4 Å². The fourth-order valence-corrected chi connectivity index (χ4v) is 4.01. The van der Waals surface area contributed by atoms with Crippen molar-refractivity contribution in [2.24, 2.45) is 4.99 Å². The number of nitrogens with one attached hydrogen (secondary N) is 2. The highest BCUT2D eigenvalue weighted by atomic mass is 127. The third-order valence-electron chi connectivity index (χ3n) is 4.44. The first kappa shape index (κ1) is 21.2. The molecule has 26 heavy (non-hydrogen) atoms. The van der Waals surface area contributed by atoms with E-state index < -0.39 is 0 Å². The lowest BCUT2D eigenvalue weighted by molar-refractivity contribution is 0.255. The lowest BCUT2D eigenvalue weighted by atomic mass is 10.2. The molecule has 0 radical (unpaired) electrons. The number of likely N-dealkylation sites (tertiary alicyclic amines) is 1. The van der Waals surface area contributed by atoms with Crippen molar-refractivity contribution in [1.29, 1.82) is 0 Å². The van der Waals surface area contributed by atoms with Crippen LogP contribution in [0.2, 0.25) is 0 Å². The lowest BCUT2D eigenvalue weighted by Gasteiger charge is -2.25. The first-order chi connectivity index (χ1) is 12.4. The van der Waals surface area contributed by atoms with E-state index in [4.69, 9.17) is 4.99 Å². The Morgan fingerprint density at radius 3 is 2.85 bits per heavy atom. The summed E-state index contributed by atoms with van der Waals surface area (Å²) >= 11 is 1.84. The zero-order chi connectivity index (χ0) is 17.3. The van der Waals surface area contributed by atoms with Gasteiger partial charge in [0, 0.05) is 36.9 Å². The van der Waals surface area contributed by atoms with Crippen LogP contribution < -0.4 is 10.6 Å². The summed E-state index contributed by atoms with van der Waals surface area (Å²) in [4.78, 5) is 12.9. The van der Waals surface area contributed by atoms with Crippen molar-refractivity contribution in [1.82, 2.24) is 25.1 Å². The zero-order valence-electron chi connectivity index (χ0n) is 15.3. The SMILES string of the molecule is CCNC(=NCC(c1cccs1)N1CCCC1)NCCn1ccnc1.I. The van der Waals surface area contributed by atoms with Gasteiger partial charge in [0.05, 0.1) is 18.9 Å². The van der Waals surface area contributed by atoms with Crippen LogP contribution in [0.25, 0.3) is 0 Å². The molecule has 1 saturated heterocycles. The third-order valence-corrected chi connectivity index (χ3v) is 5.41. The largest absolute Gasteiger partial charge is 0.357 e. The van der Waals surface area contributed by atoms with Gasteiger partial charge in [-0.3, -0.25) is 9.89 Å². The Kier molecular flexibility index (Phi) is 9.41. The van der Waals surface area contributed by atoms with Crippen LogP contribution in [0, 0.1) is 0 Å². The van der Waals surface area contributed by atoms with Gasteiger partial charge in [0.25, 0.3) is 0 Å². The van der Waals surface area contributed by atoms with Crippen LogP contribution in [0.5, 0.6) is 0 Å². The van der Waals surface area contributed by atoms with Gasteiger partial charge in [0.1, 0.15) is 0 Å². The molecule has 1 atom stereocenters. The van der Waals surface area contributed by atoms with E-state index >= 15 is 0 Å². The predicted octanol–water partition coefficient (Wildman–Crippen LogP) is 2.95. The summed E-state index contributed by atoms with van der Waals surface area (Å²) in [5, 5.41) is 8.94. The number of hydrogen-bond donors (Lipinski definition) is 2. The molecule has 0 aromatic carbocycles. The van der Waals surface area contributed by atoms with E-state index in [9.17, 15) is 0 Å². The van der Waals surface area contributed by atoms with Crippen LogP contribution >= 0.6 is 35.3 Å². The van der Waals surface area contributed by atoms with Crippen molar-refractivity contribution >= 4 is 41.3 Å². The van der Waals surface area contributed by atoms with Gasteiger partial charge in [-0.2, -0.15) is 0 Å². The van der Waals surface area contributed by atoms with Crippen LogP contribution in [0.1, 0.15) is 30.7 Å². The van der Waals surface area contributed by atoms with Crippen molar-refractivity contribution < 1.29 is 0 Å². The standard InChI is InChI=1S/C18H28N6S.HI/c1-2-20-18(21-8-12-23-11-7-19-15-23)22-14-16(17-6-5-13-25-17)24-9-3-4-10-24;/h5-7,11,13,15-16H,2-4,8-10,12,14H2,1H3,(H2,20,21,22);1H. The Morgan fingerprint density at radius 1 is 1.35 bits per heavy atom. The monoisotopic (exact) mass is 488 g/mol. The second kappa shape index (κ2) is 11.6. The maximum atomic E-state index is 4.87. The molecule has 2 N–H and O–H groups in total. The fourth-order valence-electron chi connectivity index (χ4n) is 3.16. The first-order valence-corrected chi connectivity index (χ1v) is 10.00. The van der Waals surface area contributed by atoms with E-state index in [1.807, 2.05) is 23.9 Å². The van der Waals surface area contributed by atoms with E-state index in [0.717, 1.165) is 32.1 Å². The molecule has 1 aliphatic heterocycles. The van der Waals surface area contributed by atoms with Gasteiger partial charge in [0.15, 0.2) is 5.96 Å². The molecule has 1 aliphatic rings. The molecule has 0 spiro atoms. The number of imidazole rings is 1. The van der Waals surface area contributed by atoms with Crippen LogP contribution in [-0.4, -0.2) is 53.1 Å². The van der Waals surface area contributed by atoms with Gasteiger partial charge in [0.2, 0.25) is 0 Å². The molecule has 1 fully saturated rings. The fraction of sp³-hybridized carbons (Fsp3) is 0.556. The Balaban J connectivity index is 0.00000243. The molecule has 3 heterocycles. The number of aromatic nitrogens is 2. The summed E-state index contributed by atoms with van der Waals surface area (Å²) in [5.74, 6) is 0.892. The molecule has 0 amide bonds. The van der Waals surface area contributed by atoms with Gasteiger partial charge in [-0.1, -0.05) is 6.07 Å². The number of aliphatic imine (C=N–C) groups is 1. The van der Waals surface area contributed by atoms with E-state index in [-0.39, 0.29) is 24.0 Å². The maximum absolute atomic E-state index is 4.87. The summed E-state index contributed by atoms with van der Waals surface area (Å²) in [5.41, 5.74) is 0. The van der Waals surface area contributed by atoms with Gasteiger partial charge in [-0.25, -0.2) is 4.98 Å². The highest BCUT2D eigenvalue weighted by molar-refractivity contribution is 14.0. The highest BCUT2D eigenvalue weighted by Gasteiger charge is 2.24. The van der Waals surface area contributed by atoms with E-state index in [2.05, 4.69) is 49.5 Å². The first-order valence-electron chi connectivity index (χ1n) is 9.12. The van der Waals surface area contributed by atoms with E-state index in [1.165, 1.54) is 30.8 Å². The Hall–Kier alpha value is -1.13. The Labute approximate surface area is 177 Å². The van der Waals surface area contributed by atoms with Crippen molar-refractivity contribution in [3.8, 4) is 0 Å². The molecule has 8 heteroatoms. The van der Waals surface area contributed by atoms with Gasteiger partial charge in [-0.05, 0) is 44.3 Å². The van der Waals surface area contributed by atoms with Crippen molar-refractivity contribution in [3.63, 3.8) is 0 Å². The average molecular weight is 488 g/mol. The van der Waals surface area contributed by atoms with Crippen LogP contribution in [0.4, 0.5) is 0 Å².